The van der Waals surface area contributed by atoms with Crippen LogP contribution in [0.25, 0.3) is 0 Å². The summed E-state index contributed by atoms with van der Waals surface area (Å²) < 4.78 is 0. The van der Waals surface area contributed by atoms with Crippen molar-refractivity contribution in [3.63, 3.8) is 0 Å². The lowest BCUT2D eigenvalue weighted by Crippen LogP contribution is -2.49. The van der Waals surface area contributed by atoms with Crippen LogP contribution in [-0.2, 0) is 9.59 Å². The largest absolute Gasteiger partial charge is 0.376 e. The van der Waals surface area contributed by atoms with Crippen LogP contribution in [0.2, 0.25) is 0 Å². The smallest absolute Gasteiger partial charge is 0.241 e. The standard InChI is InChI=1S/C14H16N4O2/c15-9-12-2-1-3-13(8-12)16-10-14(20)18-6-4-17(11-19)5-7-18/h1-3,8,11,16H,4-7,10H2. The summed E-state index contributed by atoms with van der Waals surface area (Å²) in [5, 5.41) is 11.8. The Balaban J connectivity index is 1.83. The van der Waals surface area contributed by atoms with Gasteiger partial charge in [-0.2, -0.15) is 5.26 Å². The van der Waals surface area contributed by atoms with Crippen molar-refractivity contribution in [1.82, 2.24) is 9.80 Å². The SMILES string of the molecule is N#Cc1cccc(NCC(=O)N2CCN(C=O)CC2)c1. The van der Waals surface area contributed by atoms with Crippen molar-refractivity contribution in [2.45, 2.75) is 0 Å². The number of nitriles is 1. The van der Waals surface area contributed by atoms with E-state index in [1.54, 1.807) is 28.0 Å². The maximum Gasteiger partial charge on any atom is 0.241 e. The molecule has 0 radical (unpaired) electrons. The molecule has 1 aromatic rings. The molecule has 20 heavy (non-hydrogen) atoms. The molecular weight excluding hydrogens is 256 g/mol. The topological polar surface area (TPSA) is 76.4 Å². The number of piperazine rings is 1. The lowest BCUT2D eigenvalue weighted by Gasteiger charge is -2.32. The highest BCUT2D eigenvalue weighted by molar-refractivity contribution is 5.81. The van der Waals surface area contributed by atoms with Crippen molar-refractivity contribution in [3.8, 4) is 6.07 Å². The maximum absolute atomic E-state index is 12.0. The fourth-order valence-electron chi connectivity index (χ4n) is 2.06. The third kappa shape index (κ3) is 3.48. The van der Waals surface area contributed by atoms with E-state index in [9.17, 15) is 9.59 Å². The monoisotopic (exact) mass is 272 g/mol. The van der Waals surface area contributed by atoms with Crippen LogP contribution < -0.4 is 5.32 Å². The van der Waals surface area contributed by atoms with E-state index in [0.717, 1.165) is 12.1 Å². The second kappa shape index (κ2) is 6.57. The van der Waals surface area contributed by atoms with E-state index in [2.05, 4.69) is 11.4 Å². The van der Waals surface area contributed by atoms with Crippen molar-refractivity contribution in [2.75, 3.05) is 38.0 Å². The molecule has 1 aliphatic rings. The van der Waals surface area contributed by atoms with Gasteiger partial charge in [-0.3, -0.25) is 9.59 Å². The van der Waals surface area contributed by atoms with Crippen LogP contribution in [0.3, 0.4) is 0 Å². The van der Waals surface area contributed by atoms with Gasteiger partial charge >= 0.3 is 0 Å². The molecule has 1 fully saturated rings. The Hall–Kier alpha value is -2.55. The second-order valence-electron chi connectivity index (χ2n) is 4.57. The third-order valence-corrected chi connectivity index (χ3v) is 3.25. The molecule has 1 heterocycles. The molecule has 0 bridgehead atoms. The number of hydrogen-bond donors (Lipinski definition) is 1. The zero-order chi connectivity index (χ0) is 14.4. The summed E-state index contributed by atoms with van der Waals surface area (Å²) in [5.41, 5.74) is 1.31. The van der Waals surface area contributed by atoms with Crippen molar-refractivity contribution >= 4 is 18.0 Å². The summed E-state index contributed by atoms with van der Waals surface area (Å²) >= 11 is 0. The number of nitrogens with one attached hydrogen (secondary N) is 1. The van der Waals surface area contributed by atoms with E-state index in [0.29, 0.717) is 31.7 Å². The Bertz CT molecular complexity index is 530. The van der Waals surface area contributed by atoms with Crippen LogP contribution in [0.5, 0.6) is 0 Å². The van der Waals surface area contributed by atoms with Crippen molar-refractivity contribution in [1.29, 1.82) is 5.26 Å². The fraction of sp³-hybridized carbons (Fsp3) is 0.357. The molecule has 104 valence electrons. The third-order valence-electron chi connectivity index (χ3n) is 3.25. The molecule has 0 spiro atoms. The molecule has 6 nitrogen and oxygen atoms in total. The van der Waals surface area contributed by atoms with Gasteiger partial charge in [0.1, 0.15) is 0 Å². The van der Waals surface area contributed by atoms with E-state index in [1.807, 2.05) is 6.07 Å². The Morgan fingerprint density at radius 3 is 2.75 bits per heavy atom. The maximum atomic E-state index is 12.0. The molecule has 0 aliphatic carbocycles. The first kappa shape index (κ1) is 13.9. The average molecular weight is 272 g/mol. The first-order chi connectivity index (χ1) is 9.72. The van der Waals surface area contributed by atoms with E-state index in [1.165, 1.54) is 0 Å². The molecular formula is C14H16N4O2. The van der Waals surface area contributed by atoms with Gasteiger partial charge in [-0.15, -0.1) is 0 Å². The minimum atomic E-state index is -0.00194. The summed E-state index contributed by atoms with van der Waals surface area (Å²) in [4.78, 5) is 26.0. The second-order valence-corrected chi connectivity index (χ2v) is 4.57. The zero-order valence-electron chi connectivity index (χ0n) is 11.1. The van der Waals surface area contributed by atoms with Crippen LogP contribution in [-0.4, -0.2) is 54.8 Å². The predicted octanol–water partition coefficient (Wildman–Crippen LogP) is 0.271. The minimum Gasteiger partial charge on any atom is -0.376 e. The van der Waals surface area contributed by atoms with Crippen LogP contribution in [0.4, 0.5) is 5.69 Å². The number of rotatable bonds is 4. The van der Waals surface area contributed by atoms with Gasteiger partial charge in [0, 0.05) is 31.9 Å². The highest BCUT2D eigenvalue weighted by Gasteiger charge is 2.19. The first-order valence-electron chi connectivity index (χ1n) is 6.44. The molecule has 0 unspecified atom stereocenters. The molecule has 1 aromatic carbocycles. The van der Waals surface area contributed by atoms with Gasteiger partial charge in [-0.1, -0.05) is 6.07 Å². The van der Waals surface area contributed by atoms with Crippen molar-refractivity contribution < 1.29 is 9.59 Å². The quantitative estimate of drug-likeness (QED) is 0.798. The lowest BCUT2D eigenvalue weighted by molar-refractivity contribution is -0.133. The number of hydrogen-bond acceptors (Lipinski definition) is 4. The minimum absolute atomic E-state index is 0.00194. The lowest BCUT2D eigenvalue weighted by atomic mass is 10.2. The van der Waals surface area contributed by atoms with Crippen LogP contribution >= 0.6 is 0 Å². The van der Waals surface area contributed by atoms with Gasteiger partial charge in [-0.25, -0.2) is 0 Å². The molecule has 0 saturated carbocycles. The van der Waals surface area contributed by atoms with E-state index in [-0.39, 0.29) is 12.5 Å². The number of anilines is 1. The average Bonchev–Trinajstić information content (AvgIpc) is 2.53. The fourth-order valence-corrected chi connectivity index (χ4v) is 2.06. The van der Waals surface area contributed by atoms with Gasteiger partial charge in [0.05, 0.1) is 18.2 Å². The van der Waals surface area contributed by atoms with Gasteiger partial charge in [-0.05, 0) is 18.2 Å². The van der Waals surface area contributed by atoms with Crippen LogP contribution in [0.15, 0.2) is 24.3 Å². The van der Waals surface area contributed by atoms with E-state index < -0.39 is 0 Å². The molecule has 6 heteroatoms. The summed E-state index contributed by atoms with van der Waals surface area (Å²) in [7, 11) is 0. The van der Waals surface area contributed by atoms with Gasteiger partial charge in [0.2, 0.25) is 12.3 Å². The number of nitrogens with zero attached hydrogens (tertiary/aromatic N) is 3. The Kier molecular flexibility index (Phi) is 4.56. The van der Waals surface area contributed by atoms with E-state index in [4.69, 9.17) is 5.26 Å². The van der Waals surface area contributed by atoms with Gasteiger partial charge in [0.25, 0.3) is 0 Å². The summed E-state index contributed by atoms with van der Waals surface area (Å²) in [5.74, 6) is -0.00194. The Morgan fingerprint density at radius 2 is 2.10 bits per heavy atom. The number of carbonyl (C=O) groups is 2. The summed E-state index contributed by atoms with van der Waals surface area (Å²) in [6.45, 7) is 2.49. The Labute approximate surface area is 117 Å². The summed E-state index contributed by atoms with van der Waals surface area (Å²) in [6.07, 6.45) is 0.813. The predicted molar refractivity (Wildman–Crippen MR) is 73.9 cm³/mol. The highest BCUT2D eigenvalue weighted by Crippen LogP contribution is 2.09. The summed E-state index contributed by atoms with van der Waals surface area (Å²) in [6, 6.07) is 9.07. The van der Waals surface area contributed by atoms with Crippen molar-refractivity contribution in [2.24, 2.45) is 0 Å². The molecule has 1 aliphatic heterocycles. The molecule has 2 amide bonds. The van der Waals surface area contributed by atoms with Crippen molar-refractivity contribution in [3.05, 3.63) is 29.8 Å². The van der Waals surface area contributed by atoms with Gasteiger partial charge in [0.15, 0.2) is 0 Å². The molecule has 0 atom stereocenters. The molecule has 2 rings (SSSR count). The number of amides is 2. The molecule has 0 aromatic heterocycles. The molecule has 1 saturated heterocycles. The highest BCUT2D eigenvalue weighted by atomic mass is 16.2. The first-order valence-corrected chi connectivity index (χ1v) is 6.44. The number of benzene rings is 1. The normalized spacial score (nSPS) is 14.6. The number of carbonyl (C=O) groups excluding carboxylic acids is 2. The van der Waals surface area contributed by atoms with Crippen LogP contribution in [0, 0.1) is 11.3 Å². The van der Waals surface area contributed by atoms with Crippen LogP contribution in [0.1, 0.15) is 5.56 Å². The van der Waals surface area contributed by atoms with E-state index >= 15 is 0 Å². The molecule has 1 N–H and O–H groups in total. The zero-order valence-corrected chi connectivity index (χ0v) is 11.1. The Morgan fingerprint density at radius 1 is 1.35 bits per heavy atom. The van der Waals surface area contributed by atoms with Gasteiger partial charge < -0.3 is 15.1 Å².